The van der Waals surface area contributed by atoms with E-state index in [9.17, 15) is 0 Å². The molecule has 0 saturated carbocycles. The van der Waals surface area contributed by atoms with Gasteiger partial charge in [-0.15, -0.1) is 0 Å². The Hall–Kier alpha value is 5.76. The van der Waals surface area contributed by atoms with Gasteiger partial charge in [-0.3, -0.25) is 0 Å². The molecule has 0 aliphatic carbocycles. The molecule has 0 amide bonds. The molecule has 0 rings (SSSR count). The predicted octanol–water partition coefficient (Wildman–Crippen LogP) is -10.1. The van der Waals surface area contributed by atoms with Crippen LogP contribution in [0.3, 0.4) is 0 Å². The number of rotatable bonds is 0. The molecule has 0 atom stereocenters. The third-order valence-electron chi connectivity index (χ3n) is 0. The van der Waals surface area contributed by atoms with Crippen LogP contribution in [0.4, 0.5) is 0 Å². The zero-order chi connectivity index (χ0) is 3.58. The second kappa shape index (κ2) is 29.2. The van der Waals surface area contributed by atoms with Crippen LogP contribution in [0.25, 0.3) is 0 Å². The first kappa shape index (κ1) is 36.4. The smallest absolute Gasteiger partial charge is 1.00 e. The van der Waals surface area contributed by atoms with Gasteiger partial charge in [0, 0.05) is 0 Å². The van der Waals surface area contributed by atoms with Crippen molar-refractivity contribution in [2.24, 2.45) is 0 Å². The fraction of sp³-hybridized carbons (Fsp3) is 0. The Morgan fingerprint density at radius 3 is 0.778 bits per heavy atom. The molecule has 0 heterocycles. The van der Waals surface area contributed by atoms with Crippen molar-refractivity contribution in [1.82, 2.24) is 0 Å². The molecule has 0 aromatic rings. The van der Waals surface area contributed by atoms with Crippen molar-refractivity contribution in [3.63, 3.8) is 0 Å². The molecule has 0 radical (unpaired) electrons. The molecular weight excluding hydrogens is 726 g/mol. The maximum atomic E-state index is 2.52. The second-order valence-corrected chi connectivity index (χ2v) is 75.7. The van der Waals surface area contributed by atoms with E-state index in [4.69, 9.17) is 0 Å². The largest absolute Gasteiger partial charge is 1.00 e. The molecule has 9 heteroatoms. The Morgan fingerprint density at radius 2 is 0.778 bits per heavy atom. The van der Waals surface area contributed by atoms with E-state index in [1.54, 1.807) is 0 Å². The van der Waals surface area contributed by atoms with Gasteiger partial charge >= 0.3 is 152 Å². The summed E-state index contributed by atoms with van der Waals surface area (Å²) in [6.07, 6.45) is 0. The van der Waals surface area contributed by atoms with Crippen LogP contribution < -0.4 is 65.5 Å². The van der Waals surface area contributed by atoms with Crippen LogP contribution in [0.5, 0.6) is 0 Å². The van der Waals surface area contributed by atoms with Gasteiger partial charge in [0.25, 0.3) is 0 Å². The normalized spacial score (nSPS) is 4.00. The molecule has 9 heavy (non-hydrogen) atoms. The minimum atomic E-state index is -0.683. The number of halogens is 6. The van der Waals surface area contributed by atoms with Gasteiger partial charge in [-0.2, -0.15) is 0 Å². The summed E-state index contributed by atoms with van der Waals surface area (Å²) in [5.74, 6) is 0. The third kappa shape index (κ3) is 57.4. The van der Waals surface area contributed by atoms with E-state index in [1.807, 2.05) is 0 Å². The third-order valence-corrected chi connectivity index (χ3v) is 0. The zero-order valence-electron chi connectivity index (χ0n) is 4.42. The molecule has 0 fully saturated rings. The summed E-state index contributed by atoms with van der Waals surface area (Å²) in [5.41, 5.74) is 0. The molecule has 0 aliphatic rings. The maximum Gasteiger partial charge on any atom is 1.00 e. The summed E-state index contributed by atoms with van der Waals surface area (Å²) >= 11 is 7.56. The van der Waals surface area contributed by atoms with Crippen molar-refractivity contribution >= 4 is 101 Å². The molecule has 0 aromatic heterocycles. The van der Waals surface area contributed by atoms with Crippen LogP contribution in [-0.4, -0.2) is 46.9 Å². The maximum absolute atomic E-state index is 2.52. The Labute approximate surface area is 160 Å². The number of hydrogen-bond donors (Lipinski definition) is 0. The van der Waals surface area contributed by atoms with Gasteiger partial charge < -0.3 is 14.1 Å². The predicted molar refractivity (Wildman–Crippen MR) is 53.6 cm³/mol. The van der Waals surface area contributed by atoms with E-state index in [0.717, 1.165) is 0 Å². The SMILES string of the molecule is [Ca+2].[F-].[F-].[F-].[I][Bi]([I])[I].[K+]. The van der Waals surface area contributed by atoms with E-state index >= 15 is 0 Å². The molecule has 0 aromatic carbocycles. The Morgan fingerprint density at radius 1 is 0.778 bits per heavy atom. The van der Waals surface area contributed by atoms with Crippen molar-refractivity contribution in [2.45, 2.75) is 0 Å². The van der Waals surface area contributed by atoms with E-state index in [0.29, 0.717) is 0 Å². The van der Waals surface area contributed by atoms with Crippen molar-refractivity contribution in [1.29, 1.82) is 0 Å². The molecule has 0 unspecified atom stereocenters. The van der Waals surface area contributed by atoms with Crippen LogP contribution in [0, 0.1) is 0 Å². The van der Waals surface area contributed by atoms with Crippen molar-refractivity contribution in [3.05, 3.63) is 0 Å². The molecular formula is BiCaF3I3K. The van der Waals surface area contributed by atoms with Gasteiger partial charge in [0.2, 0.25) is 0 Å². The van der Waals surface area contributed by atoms with E-state index in [-0.39, 0.29) is 103 Å². The summed E-state index contributed by atoms with van der Waals surface area (Å²) in [4.78, 5) is 0. The molecule has 0 N–H and O–H groups in total. The fourth-order valence-electron chi connectivity index (χ4n) is 0. The first-order valence-electron chi connectivity index (χ1n) is 0.507. The van der Waals surface area contributed by atoms with Gasteiger partial charge in [-0.05, 0) is 0 Å². The van der Waals surface area contributed by atoms with Crippen molar-refractivity contribution in [2.75, 3.05) is 0 Å². The Kier molecular flexibility index (Phi) is 118. The van der Waals surface area contributed by atoms with Gasteiger partial charge in [0.15, 0.2) is 0 Å². The standard InChI is InChI=1S/Bi.Ca.3FH.3HI.K/h;;6*1H;/q+3;+2;;;;;;;+1/p-6. The average molecular weight is 726 g/mol. The Bertz CT molecular complexity index is 23.8. The fourth-order valence-corrected chi connectivity index (χ4v) is 0. The van der Waals surface area contributed by atoms with Gasteiger partial charge in [0.05, 0.1) is 0 Å². The Balaban J connectivity index is -0.00000000450. The topological polar surface area (TPSA) is 0 Å². The van der Waals surface area contributed by atoms with E-state index < -0.39 is 9.18 Å². The quantitative estimate of drug-likeness (QED) is 0.172. The average Bonchev–Trinajstić information content (AvgIpc) is 0.811. The van der Waals surface area contributed by atoms with E-state index in [2.05, 4.69) is 54.1 Å². The van der Waals surface area contributed by atoms with Gasteiger partial charge in [-0.25, -0.2) is 0 Å². The monoisotopic (exact) mass is 726 g/mol. The van der Waals surface area contributed by atoms with Gasteiger partial charge in [0.1, 0.15) is 0 Å². The van der Waals surface area contributed by atoms with Crippen molar-refractivity contribution < 1.29 is 65.5 Å². The molecule has 0 saturated heterocycles. The first-order chi connectivity index (χ1) is 1.73. The van der Waals surface area contributed by atoms with Gasteiger partial charge in [-0.1, -0.05) is 0 Å². The summed E-state index contributed by atoms with van der Waals surface area (Å²) in [5, 5.41) is 0. The van der Waals surface area contributed by atoms with Crippen molar-refractivity contribution in [3.8, 4) is 0 Å². The second-order valence-electron chi connectivity index (χ2n) is 0.192. The van der Waals surface area contributed by atoms with Crippen LogP contribution >= 0.6 is 54.1 Å². The summed E-state index contributed by atoms with van der Waals surface area (Å²) in [6.45, 7) is 0. The summed E-state index contributed by atoms with van der Waals surface area (Å²) in [7, 11) is -0.683. The number of hydrogen-bond acceptors (Lipinski definition) is 0. The zero-order valence-corrected chi connectivity index (χ0v) is 19.7. The summed E-state index contributed by atoms with van der Waals surface area (Å²) in [6, 6.07) is 0. The molecule has 50 valence electrons. The molecule has 0 spiro atoms. The van der Waals surface area contributed by atoms with Crippen LogP contribution in [0.15, 0.2) is 0 Å². The molecule has 0 aliphatic heterocycles. The minimum Gasteiger partial charge on any atom is 1.00 e. The van der Waals surface area contributed by atoms with Crippen LogP contribution in [-0.2, 0) is 0 Å². The van der Waals surface area contributed by atoms with Crippen LogP contribution in [0.1, 0.15) is 0 Å². The van der Waals surface area contributed by atoms with E-state index in [1.165, 1.54) is 0 Å². The minimum absolute atomic E-state index is 0. The molecule has 0 bridgehead atoms. The summed E-state index contributed by atoms with van der Waals surface area (Å²) < 4.78 is 0. The first-order valence-corrected chi connectivity index (χ1v) is 29.8. The molecule has 0 nitrogen and oxygen atoms in total. The van der Waals surface area contributed by atoms with Crippen LogP contribution in [0.2, 0.25) is 0 Å².